The summed E-state index contributed by atoms with van der Waals surface area (Å²) in [6.45, 7) is 1.07. The van der Waals surface area contributed by atoms with Gasteiger partial charge in [-0.2, -0.15) is 0 Å². The van der Waals surface area contributed by atoms with E-state index in [9.17, 15) is 13.5 Å². The summed E-state index contributed by atoms with van der Waals surface area (Å²) in [4.78, 5) is 6.85. The van der Waals surface area contributed by atoms with Crippen LogP contribution < -0.4 is 10.1 Å². The van der Waals surface area contributed by atoms with E-state index in [1.54, 1.807) is 12.1 Å². The number of aromatic nitrogens is 1. The number of fused-ring (bicyclic) bond motifs is 1. The van der Waals surface area contributed by atoms with E-state index in [4.69, 9.17) is 16.3 Å². The monoisotopic (exact) mass is 517 g/mol. The second-order valence-electron chi connectivity index (χ2n) is 9.63. The highest BCUT2D eigenvalue weighted by molar-refractivity contribution is 7.90. The lowest BCUT2D eigenvalue weighted by molar-refractivity contribution is 0.255. The van der Waals surface area contributed by atoms with E-state index >= 15 is 0 Å². The summed E-state index contributed by atoms with van der Waals surface area (Å²) in [5.74, 6) is 0.808. The third kappa shape index (κ3) is 5.66. The van der Waals surface area contributed by atoms with Gasteiger partial charge in [-0.3, -0.25) is 4.98 Å². The minimum atomic E-state index is -3.51. The van der Waals surface area contributed by atoms with Crippen LogP contribution in [0.25, 0.3) is 22.0 Å². The van der Waals surface area contributed by atoms with Crippen LogP contribution in [0.5, 0.6) is 11.5 Å². The van der Waals surface area contributed by atoms with E-state index in [0.717, 1.165) is 48.7 Å². The molecule has 0 bridgehead atoms. The van der Waals surface area contributed by atoms with Crippen molar-refractivity contribution in [2.75, 3.05) is 39.3 Å². The fourth-order valence-corrected chi connectivity index (χ4v) is 5.88. The molecule has 7 nitrogen and oxygen atoms in total. The van der Waals surface area contributed by atoms with Crippen molar-refractivity contribution >= 4 is 38.0 Å². The van der Waals surface area contributed by atoms with Crippen molar-refractivity contribution in [3.63, 3.8) is 0 Å². The Morgan fingerprint density at radius 3 is 2.49 bits per heavy atom. The number of aromatic hydroxyl groups is 1. The molecule has 188 valence electrons. The largest absolute Gasteiger partial charge is 0.503 e. The molecule has 0 unspecified atom stereocenters. The standard InChI is InChI=1S/C26H32ClN3O4S/c1-30(2)15-16-5-8-19(9-6-16)29-25-20-11-17(18-12-21(27)26(31)23(13-18)34-3)7-10-22(20)28-14-24(25)35(4,32)33/h7,10-14,16,19,31H,5-6,8-9,15H2,1-4H3,(H,28,29)/t16-,19-. The van der Waals surface area contributed by atoms with Gasteiger partial charge in [0.1, 0.15) is 4.90 Å². The molecule has 1 aliphatic rings. The second kappa shape index (κ2) is 10.2. The Morgan fingerprint density at radius 1 is 1.14 bits per heavy atom. The maximum Gasteiger partial charge on any atom is 0.179 e. The number of pyridine rings is 1. The van der Waals surface area contributed by atoms with Gasteiger partial charge in [0.25, 0.3) is 0 Å². The third-order valence-corrected chi connectivity index (χ3v) is 8.03. The average molecular weight is 518 g/mol. The van der Waals surface area contributed by atoms with Gasteiger partial charge in [-0.25, -0.2) is 8.42 Å². The van der Waals surface area contributed by atoms with Crippen molar-refractivity contribution in [3.8, 4) is 22.6 Å². The first-order valence-corrected chi connectivity index (χ1v) is 13.9. The molecule has 1 heterocycles. The third-order valence-electron chi connectivity index (χ3n) is 6.63. The molecule has 1 aliphatic carbocycles. The minimum absolute atomic E-state index is 0.119. The first-order valence-electron chi connectivity index (χ1n) is 11.7. The fraction of sp³-hybridized carbons (Fsp3) is 0.423. The van der Waals surface area contributed by atoms with Gasteiger partial charge in [-0.1, -0.05) is 17.7 Å². The van der Waals surface area contributed by atoms with Crippen molar-refractivity contribution in [1.82, 2.24) is 9.88 Å². The molecule has 2 aromatic carbocycles. The predicted octanol–water partition coefficient (Wildman–Crippen LogP) is 5.21. The first kappa shape index (κ1) is 25.5. The lowest BCUT2D eigenvalue weighted by Crippen LogP contribution is -2.31. The zero-order valence-electron chi connectivity index (χ0n) is 20.5. The van der Waals surface area contributed by atoms with Crippen molar-refractivity contribution < 1.29 is 18.3 Å². The molecule has 1 aromatic heterocycles. The summed E-state index contributed by atoms with van der Waals surface area (Å²) >= 11 is 6.22. The normalized spacial score (nSPS) is 18.7. The Labute approximate surface area is 212 Å². The number of phenolic OH excluding ortho intramolecular Hbond substituents is 1. The smallest absolute Gasteiger partial charge is 0.179 e. The molecule has 9 heteroatoms. The summed E-state index contributed by atoms with van der Waals surface area (Å²) in [6.07, 6.45) is 6.82. The Hall–Kier alpha value is -2.55. The number of rotatable bonds is 7. The lowest BCUT2D eigenvalue weighted by Gasteiger charge is -2.32. The minimum Gasteiger partial charge on any atom is -0.503 e. The van der Waals surface area contributed by atoms with Crippen LogP contribution in [0.15, 0.2) is 41.4 Å². The van der Waals surface area contributed by atoms with Gasteiger partial charge in [0.2, 0.25) is 0 Å². The van der Waals surface area contributed by atoms with Crippen LogP contribution in [0.1, 0.15) is 25.7 Å². The fourth-order valence-electron chi connectivity index (χ4n) is 4.89. The number of nitrogens with one attached hydrogen (secondary N) is 1. The number of sulfone groups is 1. The van der Waals surface area contributed by atoms with Crippen LogP contribution in [-0.2, 0) is 9.84 Å². The van der Waals surface area contributed by atoms with Crippen molar-refractivity contribution in [2.45, 2.75) is 36.6 Å². The summed E-state index contributed by atoms with van der Waals surface area (Å²) in [5, 5.41) is 14.6. The molecule has 0 atom stereocenters. The number of hydrogen-bond donors (Lipinski definition) is 2. The van der Waals surface area contributed by atoms with Gasteiger partial charge in [-0.15, -0.1) is 0 Å². The van der Waals surface area contributed by atoms with Gasteiger partial charge in [0, 0.05) is 30.4 Å². The van der Waals surface area contributed by atoms with Gasteiger partial charge in [-0.05, 0) is 81.1 Å². The number of hydrogen-bond acceptors (Lipinski definition) is 7. The summed E-state index contributed by atoms with van der Waals surface area (Å²) in [6, 6.07) is 9.23. The van der Waals surface area contributed by atoms with Crippen LogP contribution in [0.3, 0.4) is 0 Å². The van der Waals surface area contributed by atoms with Crippen LogP contribution >= 0.6 is 11.6 Å². The zero-order valence-corrected chi connectivity index (χ0v) is 22.1. The van der Waals surface area contributed by atoms with Crippen molar-refractivity contribution in [3.05, 3.63) is 41.6 Å². The molecular formula is C26H32ClN3O4S. The number of ether oxygens (including phenoxy) is 1. The van der Waals surface area contributed by atoms with E-state index in [-0.39, 0.29) is 27.5 Å². The number of nitrogens with zero attached hydrogens (tertiary/aromatic N) is 2. The molecule has 1 fully saturated rings. The predicted molar refractivity (Wildman–Crippen MR) is 141 cm³/mol. The van der Waals surface area contributed by atoms with Crippen LogP contribution in [0.4, 0.5) is 5.69 Å². The van der Waals surface area contributed by atoms with E-state index in [2.05, 4.69) is 29.3 Å². The summed E-state index contributed by atoms with van der Waals surface area (Å²) in [7, 11) is 2.15. The van der Waals surface area contributed by atoms with Gasteiger partial charge >= 0.3 is 0 Å². The van der Waals surface area contributed by atoms with Gasteiger partial charge in [0.15, 0.2) is 21.3 Å². The maximum atomic E-state index is 12.7. The molecular weight excluding hydrogens is 486 g/mol. The molecule has 0 aliphatic heterocycles. The van der Waals surface area contributed by atoms with Crippen LogP contribution in [-0.4, -0.2) is 63.5 Å². The number of benzene rings is 2. The van der Waals surface area contributed by atoms with Crippen LogP contribution in [0.2, 0.25) is 5.02 Å². The molecule has 3 aromatic rings. The van der Waals surface area contributed by atoms with Crippen molar-refractivity contribution in [2.24, 2.45) is 5.92 Å². The Morgan fingerprint density at radius 2 is 1.86 bits per heavy atom. The number of phenols is 1. The van der Waals surface area contributed by atoms with Gasteiger partial charge in [0.05, 0.1) is 23.3 Å². The van der Waals surface area contributed by atoms with Crippen molar-refractivity contribution in [1.29, 1.82) is 0 Å². The Balaban J connectivity index is 1.76. The highest BCUT2D eigenvalue weighted by Gasteiger charge is 2.25. The molecule has 2 N–H and O–H groups in total. The highest BCUT2D eigenvalue weighted by atomic mass is 35.5. The molecule has 1 saturated carbocycles. The summed E-state index contributed by atoms with van der Waals surface area (Å²) in [5.41, 5.74) is 2.84. The van der Waals surface area contributed by atoms with Crippen LogP contribution in [0, 0.1) is 5.92 Å². The quantitative estimate of drug-likeness (QED) is 0.444. The van der Waals surface area contributed by atoms with E-state index in [0.29, 0.717) is 17.1 Å². The zero-order chi connectivity index (χ0) is 25.3. The van der Waals surface area contributed by atoms with E-state index in [1.807, 2.05) is 18.2 Å². The summed E-state index contributed by atoms with van der Waals surface area (Å²) < 4.78 is 30.6. The highest BCUT2D eigenvalue weighted by Crippen LogP contribution is 2.40. The topological polar surface area (TPSA) is 91.8 Å². The molecule has 0 spiro atoms. The Bertz CT molecular complexity index is 1340. The Kier molecular flexibility index (Phi) is 7.45. The van der Waals surface area contributed by atoms with E-state index in [1.165, 1.54) is 19.6 Å². The SMILES string of the molecule is COc1cc(-c2ccc3ncc(S(C)(=O)=O)c(N[C@H]4CC[C@H](CN(C)C)CC4)c3c2)cc(Cl)c1O. The molecule has 0 amide bonds. The lowest BCUT2D eigenvalue weighted by atomic mass is 9.85. The molecule has 4 rings (SSSR count). The average Bonchev–Trinajstić information content (AvgIpc) is 2.80. The second-order valence-corrected chi connectivity index (χ2v) is 12.0. The first-order chi connectivity index (χ1) is 16.6. The number of halogens is 1. The van der Waals surface area contributed by atoms with Gasteiger partial charge < -0.3 is 20.1 Å². The number of anilines is 1. The van der Waals surface area contributed by atoms with E-state index < -0.39 is 9.84 Å². The number of methoxy groups -OCH3 is 1. The maximum absolute atomic E-state index is 12.7. The molecule has 35 heavy (non-hydrogen) atoms. The molecule has 0 radical (unpaired) electrons. The molecule has 0 saturated heterocycles.